The van der Waals surface area contributed by atoms with Gasteiger partial charge in [0, 0.05) is 16.7 Å². The summed E-state index contributed by atoms with van der Waals surface area (Å²) in [7, 11) is 0. The number of benzene rings is 2. The molecule has 0 aliphatic rings. The van der Waals surface area contributed by atoms with Crippen LogP contribution in [0, 0.1) is 6.92 Å². The molecule has 1 aromatic heterocycles. The molecule has 0 atom stereocenters. The topological polar surface area (TPSA) is 43.8 Å². The zero-order chi connectivity index (χ0) is 15.0. The Labute approximate surface area is 132 Å². The van der Waals surface area contributed by atoms with E-state index in [2.05, 4.69) is 5.10 Å². The minimum Gasteiger partial charge on any atom is -0.384 e. The molecule has 0 fully saturated rings. The number of rotatable bonds is 2. The third-order valence-electron chi connectivity index (χ3n) is 3.22. The Balaban J connectivity index is 2.07. The van der Waals surface area contributed by atoms with Crippen LogP contribution in [-0.4, -0.2) is 9.78 Å². The van der Waals surface area contributed by atoms with Crippen LogP contribution < -0.4 is 5.73 Å². The van der Waals surface area contributed by atoms with Crippen molar-refractivity contribution < 1.29 is 0 Å². The second kappa shape index (κ2) is 5.43. The van der Waals surface area contributed by atoms with Gasteiger partial charge in [-0.2, -0.15) is 5.10 Å². The van der Waals surface area contributed by atoms with Gasteiger partial charge in [0.05, 0.1) is 16.4 Å². The summed E-state index contributed by atoms with van der Waals surface area (Å²) < 4.78 is 1.69. The molecule has 0 spiro atoms. The quantitative estimate of drug-likeness (QED) is 0.742. The second-order valence-corrected chi connectivity index (χ2v) is 5.67. The van der Waals surface area contributed by atoms with Crippen molar-refractivity contribution in [1.29, 1.82) is 0 Å². The van der Waals surface area contributed by atoms with Gasteiger partial charge in [-0.1, -0.05) is 40.9 Å². The Morgan fingerprint density at radius 3 is 2.38 bits per heavy atom. The van der Waals surface area contributed by atoms with E-state index in [0.717, 1.165) is 16.9 Å². The number of aryl methyl sites for hydroxylation is 1. The van der Waals surface area contributed by atoms with Crippen LogP contribution >= 0.6 is 23.2 Å². The zero-order valence-corrected chi connectivity index (χ0v) is 12.9. The molecule has 0 saturated carbocycles. The van der Waals surface area contributed by atoms with Crippen LogP contribution in [0.25, 0.3) is 16.9 Å². The van der Waals surface area contributed by atoms with Gasteiger partial charge in [0.2, 0.25) is 0 Å². The van der Waals surface area contributed by atoms with Crippen LogP contribution in [0.3, 0.4) is 0 Å². The molecule has 106 valence electrons. The third-order valence-corrected chi connectivity index (χ3v) is 3.77. The summed E-state index contributed by atoms with van der Waals surface area (Å²) in [6.45, 7) is 2.04. The number of anilines is 1. The maximum Gasteiger partial charge on any atom is 0.127 e. The summed E-state index contributed by atoms with van der Waals surface area (Å²) >= 11 is 12.1. The van der Waals surface area contributed by atoms with Gasteiger partial charge in [-0.15, -0.1) is 0 Å². The van der Waals surface area contributed by atoms with Crippen molar-refractivity contribution in [2.75, 3.05) is 5.73 Å². The molecule has 5 heteroatoms. The molecule has 2 aromatic carbocycles. The molecular formula is C16H13Cl2N3. The molecule has 0 saturated heterocycles. The maximum atomic E-state index is 6.22. The molecule has 0 aliphatic heterocycles. The first kappa shape index (κ1) is 14.0. The fourth-order valence-corrected chi connectivity index (χ4v) is 2.62. The van der Waals surface area contributed by atoms with E-state index >= 15 is 0 Å². The molecule has 0 amide bonds. The van der Waals surface area contributed by atoms with Crippen molar-refractivity contribution in [3.8, 4) is 16.9 Å². The van der Waals surface area contributed by atoms with Crippen molar-refractivity contribution in [1.82, 2.24) is 9.78 Å². The number of nitrogens with two attached hydrogens (primary N) is 1. The number of halogens is 2. The molecule has 0 unspecified atom stereocenters. The van der Waals surface area contributed by atoms with Gasteiger partial charge in [-0.05, 0) is 37.3 Å². The zero-order valence-electron chi connectivity index (χ0n) is 11.3. The van der Waals surface area contributed by atoms with Crippen molar-refractivity contribution in [2.45, 2.75) is 6.92 Å². The normalized spacial score (nSPS) is 10.8. The average Bonchev–Trinajstić information content (AvgIpc) is 2.81. The molecular weight excluding hydrogens is 305 g/mol. The van der Waals surface area contributed by atoms with E-state index in [-0.39, 0.29) is 0 Å². The monoisotopic (exact) mass is 317 g/mol. The van der Waals surface area contributed by atoms with Crippen LogP contribution in [-0.2, 0) is 0 Å². The minimum absolute atomic E-state index is 0.552. The van der Waals surface area contributed by atoms with Crippen molar-refractivity contribution >= 4 is 29.0 Å². The predicted molar refractivity (Wildman–Crippen MR) is 88.2 cm³/mol. The number of aromatic nitrogens is 2. The number of nitrogen functional groups attached to an aromatic ring is 1. The van der Waals surface area contributed by atoms with Gasteiger partial charge in [0.25, 0.3) is 0 Å². The SMILES string of the molecule is Cc1ccc(-n2nc(-c3ccc(Cl)cc3Cl)cc2N)cc1. The smallest absolute Gasteiger partial charge is 0.127 e. The predicted octanol–water partition coefficient (Wildman–Crippen LogP) is 4.74. The van der Waals surface area contributed by atoms with Gasteiger partial charge >= 0.3 is 0 Å². The molecule has 21 heavy (non-hydrogen) atoms. The van der Waals surface area contributed by atoms with E-state index in [1.54, 1.807) is 22.9 Å². The molecule has 2 N–H and O–H groups in total. The van der Waals surface area contributed by atoms with Crippen LogP contribution in [0.4, 0.5) is 5.82 Å². The van der Waals surface area contributed by atoms with Crippen molar-refractivity contribution in [2.24, 2.45) is 0 Å². The third kappa shape index (κ3) is 2.75. The number of nitrogens with zero attached hydrogens (tertiary/aromatic N) is 2. The van der Waals surface area contributed by atoms with Crippen LogP contribution in [0.1, 0.15) is 5.56 Å². The van der Waals surface area contributed by atoms with Crippen molar-refractivity contribution in [3.63, 3.8) is 0 Å². The van der Waals surface area contributed by atoms with Crippen molar-refractivity contribution in [3.05, 3.63) is 64.1 Å². The van der Waals surface area contributed by atoms with Gasteiger partial charge in [0.15, 0.2) is 0 Å². The standard InChI is InChI=1S/C16H13Cl2N3/c1-10-2-5-12(6-3-10)21-16(19)9-15(20-21)13-7-4-11(17)8-14(13)18/h2-9H,19H2,1H3. The lowest BCUT2D eigenvalue weighted by Gasteiger charge is -2.04. The average molecular weight is 318 g/mol. The Bertz CT molecular complexity index is 792. The van der Waals surface area contributed by atoms with Gasteiger partial charge < -0.3 is 5.73 Å². The van der Waals surface area contributed by atoms with Crippen LogP contribution in [0.2, 0.25) is 10.0 Å². The molecule has 3 rings (SSSR count). The number of hydrogen-bond acceptors (Lipinski definition) is 2. The largest absolute Gasteiger partial charge is 0.384 e. The van der Waals surface area contributed by atoms with Gasteiger partial charge in [-0.25, -0.2) is 4.68 Å². The van der Waals surface area contributed by atoms with E-state index < -0.39 is 0 Å². The summed E-state index contributed by atoms with van der Waals surface area (Å²) in [5, 5.41) is 5.68. The lowest BCUT2D eigenvalue weighted by atomic mass is 10.1. The summed E-state index contributed by atoms with van der Waals surface area (Å²) in [5.74, 6) is 0.555. The second-order valence-electron chi connectivity index (χ2n) is 4.83. The van der Waals surface area contributed by atoms with Crippen LogP contribution in [0.15, 0.2) is 48.5 Å². The molecule has 0 radical (unpaired) electrons. The highest BCUT2D eigenvalue weighted by Gasteiger charge is 2.11. The minimum atomic E-state index is 0.552. The fourth-order valence-electron chi connectivity index (χ4n) is 2.12. The Hall–Kier alpha value is -1.97. The first-order chi connectivity index (χ1) is 10.0. The summed E-state index contributed by atoms with van der Waals surface area (Å²) in [4.78, 5) is 0. The molecule has 1 heterocycles. The summed E-state index contributed by atoms with van der Waals surface area (Å²) in [6.07, 6.45) is 0. The molecule has 0 bridgehead atoms. The summed E-state index contributed by atoms with van der Waals surface area (Å²) in [6, 6.07) is 15.1. The lowest BCUT2D eigenvalue weighted by Crippen LogP contribution is -2.01. The van der Waals surface area contributed by atoms with E-state index in [4.69, 9.17) is 28.9 Å². The Morgan fingerprint density at radius 1 is 1.00 bits per heavy atom. The first-order valence-electron chi connectivity index (χ1n) is 6.42. The highest BCUT2D eigenvalue weighted by atomic mass is 35.5. The number of hydrogen-bond donors (Lipinski definition) is 1. The Morgan fingerprint density at radius 2 is 1.71 bits per heavy atom. The van der Waals surface area contributed by atoms with E-state index in [1.807, 2.05) is 37.3 Å². The lowest BCUT2D eigenvalue weighted by molar-refractivity contribution is 0.894. The highest BCUT2D eigenvalue weighted by molar-refractivity contribution is 6.36. The highest BCUT2D eigenvalue weighted by Crippen LogP contribution is 2.31. The van der Waals surface area contributed by atoms with E-state index in [1.165, 1.54) is 5.56 Å². The summed E-state index contributed by atoms with van der Waals surface area (Å²) in [5.41, 5.74) is 9.68. The maximum absolute atomic E-state index is 6.22. The Kier molecular flexibility index (Phi) is 3.62. The van der Waals surface area contributed by atoms with E-state index in [9.17, 15) is 0 Å². The molecule has 0 aliphatic carbocycles. The first-order valence-corrected chi connectivity index (χ1v) is 7.18. The van der Waals surface area contributed by atoms with E-state index in [0.29, 0.717) is 15.9 Å². The molecule has 3 nitrogen and oxygen atoms in total. The van der Waals surface area contributed by atoms with Gasteiger partial charge in [-0.3, -0.25) is 0 Å². The van der Waals surface area contributed by atoms with Crippen LogP contribution in [0.5, 0.6) is 0 Å². The van der Waals surface area contributed by atoms with Gasteiger partial charge in [0.1, 0.15) is 5.82 Å². The molecule has 3 aromatic rings. The fraction of sp³-hybridized carbons (Fsp3) is 0.0625.